The van der Waals surface area contributed by atoms with Gasteiger partial charge in [0, 0.05) is 11.8 Å². The molecule has 7 heteroatoms. The van der Waals surface area contributed by atoms with Gasteiger partial charge in [-0.2, -0.15) is 0 Å². The van der Waals surface area contributed by atoms with Gasteiger partial charge in [-0.15, -0.1) is 0 Å². The number of aromatic nitrogens is 3. The Bertz CT molecular complexity index is 1110. The molecular weight excluding hydrogens is 359 g/mol. The van der Waals surface area contributed by atoms with Gasteiger partial charge < -0.3 is 5.73 Å². The minimum atomic E-state index is -0.472. The molecule has 0 amide bonds. The molecular formula is C18H12ClFN4S. The van der Waals surface area contributed by atoms with Crippen molar-refractivity contribution in [2.24, 2.45) is 0 Å². The normalized spacial score (nSPS) is 11.2. The Morgan fingerprint density at radius 3 is 2.76 bits per heavy atom. The van der Waals surface area contributed by atoms with Crippen molar-refractivity contribution >= 4 is 39.1 Å². The third-order valence-electron chi connectivity index (χ3n) is 3.86. The molecule has 0 aliphatic heterocycles. The summed E-state index contributed by atoms with van der Waals surface area (Å²) in [5.41, 5.74) is 10.7. The van der Waals surface area contributed by atoms with Crippen molar-refractivity contribution in [2.75, 3.05) is 5.73 Å². The number of hydrogen-bond donors (Lipinski definition) is 1. The quantitative estimate of drug-likeness (QED) is 0.533. The fraction of sp³-hybridized carbons (Fsp3) is 0.0556. The summed E-state index contributed by atoms with van der Waals surface area (Å²) >= 11 is 7.25. The number of fused-ring (bicyclic) bond motifs is 1. The summed E-state index contributed by atoms with van der Waals surface area (Å²) in [7, 11) is 0. The number of hydrogen-bond acceptors (Lipinski definition) is 5. The average Bonchev–Trinajstić information content (AvgIpc) is 2.99. The maximum absolute atomic E-state index is 13.5. The van der Waals surface area contributed by atoms with Gasteiger partial charge in [-0.1, -0.05) is 22.9 Å². The molecule has 0 saturated heterocycles. The molecule has 0 radical (unpaired) electrons. The number of rotatable bonds is 2. The predicted molar refractivity (Wildman–Crippen MR) is 100 cm³/mol. The van der Waals surface area contributed by atoms with Crippen LogP contribution in [0.15, 0.2) is 42.6 Å². The zero-order valence-electron chi connectivity index (χ0n) is 13.1. The fourth-order valence-electron chi connectivity index (χ4n) is 2.63. The SMILES string of the molecule is Cc1ccnc2ccc(-c3sc(N)nc3-c3ccc(F)c(Cl)c3)nc12. The Hall–Kier alpha value is -2.57. The number of nitrogens with zero attached hydrogens (tertiary/aromatic N) is 3. The van der Waals surface area contributed by atoms with E-state index in [1.165, 1.54) is 17.4 Å². The molecule has 3 aromatic heterocycles. The maximum Gasteiger partial charge on any atom is 0.181 e. The lowest BCUT2D eigenvalue weighted by Crippen LogP contribution is -1.90. The summed E-state index contributed by atoms with van der Waals surface area (Å²) in [5.74, 6) is -0.472. The fourth-order valence-corrected chi connectivity index (χ4v) is 3.64. The van der Waals surface area contributed by atoms with Crippen LogP contribution in [0.5, 0.6) is 0 Å². The first-order chi connectivity index (χ1) is 12.0. The van der Waals surface area contributed by atoms with Crippen LogP contribution in [0.3, 0.4) is 0 Å². The van der Waals surface area contributed by atoms with Crippen LogP contribution in [0.4, 0.5) is 9.52 Å². The summed E-state index contributed by atoms with van der Waals surface area (Å²) in [6.07, 6.45) is 1.76. The minimum absolute atomic E-state index is 0.0431. The van der Waals surface area contributed by atoms with E-state index in [1.807, 2.05) is 25.1 Å². The van der Waals surface area contributed by atoms with Gasteiger partial charge in [-0.05, 0) is 48.9 Å². The molecule has 4 rings (SSSR count). The third-order valence-corrected chi connectivity index (χ3v) is 5.05. The second-order valence-electron chi connectivity index (χ2n) is 5.55. The van der Waals surface area contributed by atoms with Crippen molar-refractivity contribution in [1.29, 1.82) is 0 Å². The van der Waals surface area contributed by atoms with E-state index in [0.29, 0.717) is 16.4 Å². The largest absolute Gasteiger partial charge is 0.375 e. The topological polar surface area (TPSA) is 64.7 Å². The lowest BCUT2D eigenvalue weighted by Gasteiger charge is -2.06. The molecule has 0 atom stereocenters. The van der Waals surface area contributed by atoms with Crippen LogP contribution >= 0.6 is 22.9 Å². The Balaban J connectivity index is 1.92. The first kappa shape index (κ1) is 15.9. The van der Waals surface area contributed by atoms with Crippen LogP contribution in [0.2, 0.25) is 5.02 Å². The number of aryl methyl sites for hydroxylation is 1. The molecule has 124 valence electrons. The highest BCUT2D eigenvalue weighted by atomic mass is 35.5. The Morgan fingerprint density at radius 2 is 1.96 bits per heavy atom. The highest BCUT2D eigenvalue weighted by Crippen LogP contribution is 2.38. The van der Waals surface area contributed by atoms with Gasteiger partial charge in [0.1, 0.15) is 5.82 Å². The number of nitrogens with two attached hydrogens (primary N) is 1. The van der Waals surface area contributed by atoms with Crippen molar-refractivity contribution in [3.8, 4) is 21.8 Å². The van der Waals surface area contributed by atoms with Crippen molar-refractivity contribution in [1.82, 2.24) is 15.0 Å². The van der Waals surface area contributed by atoms with Gasteiger partial charge >= 0.3 is 0 Å². The molecule has 1 aromatic carbocycles. The van der Waals surface area contributed by atoms with Crippen molar-refractivity contribution in [3.63, 3.8) is 0 Å². The zero-order valence-corrected chi connectivity index (χ0v) is 14.7. The molecule has 0 saturated carbocycles. The van der Waals surface area contributed by atoms with Gasteiger partial charge in [-0.25, -0.2) is 14.4 Å². The lowest BCUT2D eigenvalue weighted by atomic mass is 10.1. The second kappa shape index (κ2) is 6.06. The molecule has 0 bridgehead atoms. The molecule has 0 aliphatic carbocycles. The van der Waals surface area contributed by atoms with E-state index in [1.54, 1.807) is 18.3 Å². The highest BCUT2D eigenvalue weighted by molar-refractivity contribution is 7.19. The molecule has 0 spiro atoms. The van der Waals surface area contributed by atoms with E-state index in [-0.39, 0.29) is 5.02 Å². The first-order valence-corrected chi connectivity index (χ1v) is 8.67. The summed E-state index contributed by atoms with van der Waals surface area (Å²) in [6, 6.07) is 10.2. The Morgan fingerprint density at radius 1 is 1.12 bits per heavy atom. The summed E-state index contributed by atoms with van der Waals surface area (Å²) in [6.45, 7) is 1.99. The number of nitrogen functional groups attached to an aromatic ring is 1. The standard InChI is InChI=1S/C18H12ClFN4S/c1-9-6-7-22-13-4-5-14(23-15(9)13)17-16(24-18(21)25-17)10-2-3-12(20)11(19)8-10/h2-8H,1H3,(H2,21,24). The van der Waals surface area contributed by atoms with Gasteiger partial charge in [0.15, 0.2) is 5.13 Å². The maximum atomic E-state index is 13.5. The van der Waals surface area contributed by atoms with Crippen LogP contribution in [-0.4, -0.2) is 15.0 Å². The molecule has 4 aromatic rings. The van der Waals surface area contributed by atoms with Gasteiger partial charge in [0.25, 0.3) is 0 Å². The van der Waals surface area contributed by atoms with E-state index in [0.717, 1.165) is 27.2 Å². The predicted octanol–water partition coefficient (Wildman–Crippen LogP) is 5.10. The molecule has 4 nitrogen and oxygen atoms in total. The third kappa shape index (κ3) is 2.83. The Labute approximate surface area is 152 Å². The van der Waals surface area contributed by atoms with Crippen LogP contribution in [0, 0.1) is 12.7 Å². The van der Waals surface area contributed by atoms with E-state index in [2.05, 4.69) is 9.97 Å². The highest BCUT2D eigenvalue weighted by Gasteiger charge is 2.17. The second-order valence-corrected chi connectivity index (χ2v) is 6.99. The van der Waals surface area contributed by atoms with Gasteiger partial charge in [0.2, 0.25) is 0 Å². The molecule has 0 unspecified atom stereocenters. The van der Waals surface area contributed by atoms with Crippen LogP contribution in [-0.2, 0) is 0 Å². The monoisotopic (exact) mass is 370 g/mol. The van der Waals surface area contributed by atoms with E-state index >= 15 is 0 Å². The summed E-state index contributed by atoms with van der Waals surface area (Å²) in [4.78, 5) is 14.3. The molecule has 3 heterocycles. The number of thiazole rings is 1. The van der Waals surface area contributed by atoms with Crippen molar-refractivity contribution in [3.05, 3.63) is 59.0 Å². The molecule has 25 heavy (non-hydrogen) atoms. The van der Waals surface area contributed by atoms with Crippen LogP contribution < -0.4 is 5.73 Å². The van der Waals surface area contributed by atoms with Crippen LogP contribution in [0.25, 0.3) is 32.9 Å². The Kier molecular flexibility index (Phi) is 3.86. The zero-order chi connectivity index (χ0) is 17.6. The molecule has 0 fully saturated rings. The number of anilines is 1. The molecule has 0 aliphatic rings. The number of benzene rings is 1. The van der Waals surface area contributed by atoms with E-state index < -0.39 is 5.82 Å². The minimum Gasteiger partial charge on any atom is -0.375 e. The van der Waals surface area contributed by atoms with Crippen molar-refractivity contribution in [2.45, 2.75) is 6.92 Å². The van der Waals surface area contributed by atoms with E-state index in [9.17, 15) is 4.39 Å². The van der Waals surface area contributed by atoms with E-state index in [4.69, 9.17) is 22.3 Å². The summed E-state index contributed by atoms with van der Waals surface area (Å²) < 4.78 is 13.5. The molecule has 2 N–H and O–H groups in total. The lowest BCUT2D eigenvalue weighted by molar-refractivity contribution is 0.628. The summed E-state index contributed by atoms with van der Waals surface area (Å²) in [5, 5.41) is 0.455. The smallest absolute Gasteiger partial charge is 0.181 e. The van der Waals surface area contributed by atoms with Crippen LogP contribution in [0.1, 0.15) is 5.56 Å². The number of halogens is 2. The first-order valence-electron chi connectivity index (χ1n) is 7.47. The number of pyridine rings is 2. The van der Waals surface area contributed by atoms with Crippen molar-refractivity contribution < 1.29 is 4.39 Å². The average molecular weight is 371 g/mol. The van der Waals surface area contributed by atoms with Gasteiger partial charge in [0.05, 0.1) is 32.3 Å². The van der Waals surface area contributed by atoms with Gasteiger partial charge in [-0.3, -0.25) is 4.98 Å².